The van der Waals surface area contributed by atoms with E-state index >= 15 is 0 Å². The van der Waals surface area contributed by atoms with Gasteiger partial charge in [0.1, 0.15) is 11.5 Å². The Morgan fingerprint density at radius 3 is 2.27 bits per heavy atom. The molecule has 0 saturated carbocycles. The molecule has 1 aliphatic heterocycles. The summed E-state index contributed by atoms with van der Waals surface area (Å²) in [6.45, 7) is 1.88. The maximum atomic E-state index is 13.4. The first-order chi connectivity index (χ1) is 17.9. The van der Waals surface area contributed by atoms with E-state index in [9.17, 15) is 9.59 Å². The average Bonchev–Trinajstić information content (AvgIpc) is 2.93. The van der Waals surface area contributed by atoms with Crippen molar-refractivity contribution >= 4 is 23.4 Å². The summed E-state index contributed by atoms with van der Waals surface area (Å²) in [6, 6.07) is 26.5. The molecule has 0 aliphatic carbocycles. The number of hydrogen-bond donors (Lipinski definition) is 0. The Bertz CT molecular complexity index is 1160. The van der Waals surface area contributed by atoms with Crippen LogP contribution in [0.5, 0.6) is 11.5 Å². The van der Waals surface area contributed by atoms with E-state index in [0.29, 0.717) is 43.4 Å². The first kappa shape index (κ1) is 26.6. The molecule has 1 saturated heterocycles. The predicted molar refractivity (Wildman–Crippen MR) is 145 cm³/mol. The molecule has 0 bridgehead atoms. The van der Waals surface area contributed by atoms with Gasteiger partial charge in [-0.05, 0) is 54.8 Å². The fourth-order valence-electron chi connectivity index (χ4n) is 4.66. The minimum Gasteiger partial charge on any atom is -0.493 e. The number of carbonyl (C=O) groups is 2. The zero-order valence-corrected chi connectivity index (χ0v) is 21.9. The Morgan fingerprint density at radius 2 is 1.57 bits per heavy atom. The van der Waals surface area contributed by atoms with Gasteiger partial charge in [0.05, 0.1) is 6.61 Å². The molecule has 0 spiro atoms. The van der Waals surface area contributed by atoms with Crippen LogP contribution in [0.1, 0.15) is 24.8 Å². The third-order valence-electron chi connectivity index (χ3n) is 6.69. The Hall–Kier alpha value is -3.51. The van der Waals surface area contributed by atoms with E-state index in [-0.39, 0.29) is 18.4 Å². The molecule has 1 heterocycles. The van der Waals surface area contributed by atoms with Crippen molar-refractivity contribution < 1.29 is 19.1 Å². The summed E-state index contributed by atoms with van der Waals surface area (Å²) >= 11 is 5.94. The lowest BCUT2D eigenvalue weighted by molar-refractivity contribution is -0.142. The molecule has 2 amide bonds. The van der Waals surface area contributed by atoms with Crippen molar-refractivity contribution in [1.82, 2.24) is 9.80 Å². The van der Waals surface area contributed by atoms with Crippen LogP contribution in [0.25, 0.3) is 0 Å². The molecule has 37 heavy (non-hydrogen) atoms. The van der Waals surface area contributed by atoms with Crippen LogP contribution in [0.15, 0.2) is 84.9 Å². The van der Waals surface area contributed by atoms with Gasteiger partial charge in [-0.3, -0.25) is 9.59 Å². The van der Waals surface area contributed by atoms with Gasteiger partial charge >= 0.3 is 0 Å². The Balaban J connectivity index is 1.44. The molecule has 0 unspecified atom stereocenters. The molecule has 1 fully saturated rings. The summed E-state index contributed by atoms with van der Waals surface area (Å²) in [4.78, 5) is 30.0. The number of hydrogen-bond acceptors (Lipinski definition) is 4. The number of carbonyl (C=O) groups excluding carboxylic acids is 2. The lowest BCUT2D eigenvalue weighted by Gasteiger charge is -2.42. The van der Waals surface area contributed by atoms with E-state index in [4.69, 9.17) is 21.1 Å². The van der Waals surface area contributed by atoms with Gasteiger partial charge in [-0.15, -0.1) is 0 Å². The van der Waals surface area contributed by atoms with Crippen molar-refractivity contribution in [3.63, 3.8) is 0 Å². The summed E-state index contributed by atoms with van der Waals surface area (Å²) in [6.07, 6.45) is 1.89. The summed E-state index contributed by atoms with van der Waals surface area (Å²) in [7, 11) is 1.83. The first-order valence-corrected chi connectivity index (χ1v) is 12.9. The van der Waals surface area contributed by atoms with E-state index in [0.717, 1.165) is 24.2 Å². The normalized spacial score (nSPS) is 17.2. The number of ether oxygens (including phenoxy) is 2. The van der Waals surface area contributed by atoms with Crippen molar-refractivity contribution in [1.29, 1.82) is 0 Å². The van der Waals surface area contributed by atoms with Crippen LogP contribution < -0.4 is 9.47 Å². The zero-order valence-electron chi connectivity index (χ0n) is 21.1. The van der Waals surface area contributed by atoms with Gasteiger partial charge in [-0.2, -0.15) is 0 Å². The summed E-state index contributed by atoms with van der Waals surface area (Å²) in [5.41, 5.74) is 0.583. The summed E-state index contributed by atoms with van der Waals surface area (Å²) < 4.78 is 11.9. The maximum Gasteiger partial charge on any atom is 0.260 e. The molecule has 3 aromatic carbocycles. The molecule has 194 valence electrons. The number of benzene rings is 3. The molecular formula is C30H33ClN2O4. The fraction of sp³-hybridized carbons (Fsp3) is 0.333. The monoisotopic (exact) mass is 520 g/mol. The highest BCUT2D eigenvalue weighted by molar-refractivity contribution is 6.30. The van der Waals surface area contributed by atoms with E-state index in [1.807, 2.05) is 67.7 Å². The predicted octanol–water partition coefficient (Wildman–Crippen LogP) is 5.46. The van der Waals surface area contributed by atoms with Gasteiger partial charge in [0.15, 0.2) is 6.61 Å². The Kier molecular flexibility index (Phi) is 9.07. The molecular weight excluding hydrogens is 488 g/mol. The molecule has 1 aliphatic rings. The van der Waals surface area contributed by atoms with E-state index < -0.39 is 5.41 Å². The molecule has 0 radical (unpaired) electrons. The fourth-order valence-corrected chi connectivity index (χ4v) is 4.78. The van der Waals surface area contributed by atoms with E-state index in [2.05, 4.69) is 0 Å². The first-order valence-electron chi connectivity index (χ1n) is 12.5. The van der Waals surface area contributed by atoms with Crippen molar-refractivity contribution in [3.05, 3.63) is 95.5 Å². The lowest BCUT2D eigenvalue weighted by atomic mass is 9.77. The van der Waals surface area contributed by atoms with Crippen molar-refractivity contribution in [2.75, 3.05) is 33.4 Å². The number of piperidine rings is 1. The van der Waals surface area contributed by atoms with Gasteiger partial charge in [0.25, 0.3) is 5.91 Å². The van der Waals surface area contributed by atoms with Crippen LogP contribution >= 0.6 is 11.6 Å². The third-order valence-corrected chi connectivity index (χ3v) is 6.94. The van der Waals surface area contributed by atoms with Gasteiger partial charge in [-0.25, -0.2) is 0 Å². The van der Waals surface area contributed by atoms with Crippen LogP contribution in [-0.2, 0) is 16.1 Å². The summed E-state index contributed by atoms with van der Waals surface area (Å²) in [5, 5.41) is 0.611. The van der Waals surface area contributed by atoms with E-state index in [1.165, 1.54) is 0 Å². The van der Waals surface area contributed by atoms with Crippen LogP contribution in [0.2, 0.25) is 5.02 Å². The molecule has 1 atom stereocenters. The highest BCUT2D eigenvalue weighted by Gasteiger charge is 2.40. The molecule has 4 rings (SSSR count). The van der Waals surface area contributed by atoms with E-state index in [1.54, 1.807) is 34.1 Å². The molecule has 7 heteroatoms. The number of para-hydroxylation sites is 1. The molecule has 6 nitrogen and oxygen atoms in total. The minimum atomic E-state index is -0.494. The Labute approximate surface area is 223 Å². The largest absolute Gasteiger partial charge is 0.493 e. The highest BCUT2D eigenvalue weighted by atomic mass is 35.5. The topological polar surface area (TPSA) is 59.1 Å². The molecule has 3 aromatic rings. The van der Waals surface area contributed by atoms with Crippen LogP contribution in [0.4, 0.5) is 0 Å². The SMILES string of the molecule is CN(Cc1ccccc1)C(=O)C[C@]1(COc2ccccc2)CCCN(C(=O)COc2ccc(Cl)cc2)C1. The maximum absolute atomic E-state index is 13.4. The quantitative estimate of drug-likeness (QED) is 0.356. The highest BCUT2D eigenvalue weighted by Crippen LogP contribution is 2.35. The van der Waals surface area contributed by atoms with Gasteiger partial charge in [0, 0.05) is 43.5 Å². The minimum absolute atomic E-state index is 0.0345. The lowest BCUT2D eigenvalue weighted by Crippen LogP contribution is -2.51. The third kappa shape index (κ3) is 7.73. The average molecular weight is 521 g/mol. The number of rotatable bonds is 10. The van der Waals surface area contributed by atoms with Gasteiger partial charge in [-0.1, -0.05) is 60.1 Å². The van der Waals surface area contributed by atoms with Gasteiger partial charge in [0.2, 0.25) is 5.91 Å². The zero-order chi connectivity index (χ0) is 26.1. The Morgan fingerprint density at radius 1 is 0.919 bits per heavy atom. The molecule has 0 aromatic heterocycles. The number of likely N-dealkylation sites (tertiary alicyclic amines) is 1. The van der Waals surface area contributed by atoms with Crippen molar-refractivity contribution in [3.8, 4) is 11.5 Å². The van der Waals surface area contributed by atoms with Crippen molar-refractivity contribution in [2.24, 2.45) is 5.41 Å². The standard InChI is InChI=1S/C30H33ClN2O4/c1-32(20-24-9-4-2-5-10-24)28(34)19-30(23-37-26-11-6-3-7-12-26)17-8-18-33(22-30)29(35)21-36-27-15-13-25(31)14-16-27/h2-7,9-16H,8,17-23H2,1H3/t30-/m1/s1. The van der Waals surface area contributed by atoms with Crippen LogP contribution in [0, 0.1) is 5.41 Å². The van der Waals surface area contributed by atoms with Crippen LogP contribution in [-0.4, -0.2) is 55.0 Å². The molecule has 0 N–H and O–H groups in total. The number of amides is 2. The van der Waals surface area contributed by atoms with Gasteiger partial charge < -0.3 is 19.3 Å². The second-order valence-corrected chi connectivity index (χ2v) is 10.1. The van der Waals surface area contributed by atoms with Crippen LogP contribution in [0.3, 0.4) is 0 Å². The summed E-state index contributed by atoms with van der Waals surface area (Å²) in [5.74, 6) is 1.27. The second-order valence-electron chi connectivity index (χ2n) is 9.68. The van der Waals surface area contributed by atoms with Crippen molar-refractivity contribution in [2.45, 2.75) is 25.8 Å². The smallest absolute Gasteiger partial charge is 0.260 e. The number of nitrogens with zero attached hydrogens (tertiary/aromatic N) is 2. The number of halogens is 1. The second kappa shape index (κ2) is 12.6.